The lowest BCUT2D eigenvalue weighted by molar-refractivity contribution is -0.123. The molecule has 33 heavy (non-hydrogen) atoms. The first-order chi connectivity index (χ1) is 16.0. The van der Waals surface area contributed by atoms with Crippen molar-refractivity contribution >= 4 is 63.1 Å². The minimum atomic E-state index is -0.286. The average molecular weight is 493 g/mol. The summed E-state index contributed by atoms with van der Waals surface area (Å²) in [6.45, 7) is 0.864. The van der Waals surface area contributed by atoms with Crippen molar-refractivity contribution in [2.75, 3.05) is 0 Å². The first kappa shape index (κ1) is 21.8. The topological polar surface area (TPSA) is 42.3 Å². The van der Waals surface area contributed by atoms with E-state index in [1.807, 2.05) is 72.9 Å². The second kappa shape index (κ2) is 9.10. The van der Waals surface area contributed by atoms with Crippen molar-refractivity contribution in [2.24, 2.45) is 0 Å². The van der Waals surface area contributed by atoms with Crippen molar-refractivity contribution in [3.05, 3.63) is 111 Å². The molecule has 3 aromatic carbocycles. The molecule has 0 unspecified atom stereocenters. The van der Waals surface area contributed by atoms with E-state index in [0.717, 1.165) is 39.4 Å². The maximum Gasteiger partial charge on any atom is 0.293 e. The van der Waals surface area contributed by atoms with Gasteiger partial charge in [0.05, 0.1) is 11.4 Å². The molecule has 4 aromatic rings. The number of thioether (sulfide) groups is 1. The number of imide groups is 1. The van der Waals surface area contributed by atoms with Gasteiger partial charge < -0.3 is 4.57 Å². The van der Waals surface area contributed by atoms with Crippen LogP contribution in [0.3, 0.4) is 0 Å². The summed E-state index contributed by atoms with van der Waals surface area (Å²) >= 11 is 13.1. The second-order valence-corrected chi connectivity index (χ2v) is 9.62. The Bertz CT molecular complexity index is 1410. The van der Waals surface area contributed by atoms with Gasteiger partial charge in [-0.25, -0.2) is 0 Å². The predicted octanol–water partition coefficient (Wildman–Crippen LogP) is 7.23. The third kappa shape index (κ3) is 4.58. The largest absolute Gasteiger partial charge is 0.342 e. The fourth-order valence-electron chi connectivity index (χ4n) is 3.90. The van der Waals surface area contributed by atoms with Crippen molar-refractivity contribution in [3.63, 3.8) is 0 Å². The minimum Gasteiger partial charge on any atom is -0.342 e. The fraction of sp³-hybridized carbons (Fsp3) is 0.0769. The number of hydrogen-bond acceptors (Lipinski definition) is 3. The van der Waals surface area contributed by atoms with Crippen LogP contribution in [0.15, 0.2) is 83.9 Å². The zero-order chi connectivity index (χ0) is 22.9. The predicted molar refractivity (Wildman–Crippen MR) is 135 cm³/mol. The molecule has 0 N–H and O–H groups in total. The summed E-state index contributed by atoms with van der Waals surface area (Å²) in [5.74, 6) is -0.286. The minimum absolute atomic E-state index is 0.218. The van der Waals surface area contributed by atoms with Gasteiger partial charge in [-0.3, -0.25) is 14.5 Å². The smallest absolute Gasteiger partial charge is 0.293 e. The normalized spacial score (nSPS) is 15.2. The lowest BCUT2D eigenvalue weighted by atomic mass is 10.1. The van der Waals surface area contributed by atoms with Gasteiger partial charge in [0.1, 0.15) is 0 Å². The number of carbonyl (C=O) groups is 2. The Morgan fingerprint density at radius 1 is 0.818 bits per heavy atom. The maximum absolute atomic E-state index is 13.0. The third-order valence-electron chi connectivity index (χ3n) is 5.48. The first-order valence-corrected chi connectivity index (χ1v) is 11.9. The molecule has 2 amide bonds. The van der Waals surface area contributed by atoms with Gasteiger partial charge in [0.25, 0.3) is 11.1 Å². The van der Waals surface area contributed by atoms with Crippen molar-refractivity contribution in [1.29, 1.82) is 0 Å². The Morgan fingerprint density at radius 3 is 2.39 bits per heavy atom. The van der Waals surface area contributed by atoms with Crippen molar-refractivity contribution < 1.29 is 9.59 Å². The molecule has 5 rings (SSSR count). The summed E-state index contributed by atoms with van der Waals surface area (Å²) < 4.78 is 2.13. The number of aromatic nitrogens is 1. The van der Waals surface area contributed by atoms with Crippen LogP contribution in [0.4, 0.5) is 4.79 Å². The van der Waals surface area contributed by atoms with E-state index in [4.69, 9.17) is 23.2 Å². The fourth-order valence-corrected chi connectivity index (χ4v) is 5.07. The van der Waals surface area contributed by atoms with Crippen LogP contribution >= 0.6 is 35.0 Å². The van der Waals surface area contributed by atoms with Gasteiger partial charge in [0, 0.05) is 39.3 Å². The Balaban J connectivity index is 1.45. The summed E-state index contributed by atoms with van der Waals surface area (Å²) in [7, 11) is 0. The van der Waals surface area contributed by atoms with Crippen LogP contribution in [0, 0.1) is 0 Å². The molecular weight excluding hydrogens is 475 g/mol. The van der Waals surface area contributed by atoms with Crippen LogP contribution in [-0.4, -0.2) is 20.6 Å². The van der Waals surface area contributed by atoms with Crippen LogP contribution in [0.25, 0.3) is 17.0 Å². The molecule has 2 heterocycles. The van der Waals surface area contributed by atoms with E-state index in [9.17, 15) is 9.59 Å². The second-order valence-electron chi connectivity index (χ2n) is 7.75. The molecule has 0 radical (unpaired) electrons. The Hall–Kier alpha value is -2.99. The van der Waals surface area contributed by atoms with E-state index >= 15 is 0 Å². The molecule has 0 spiro atoms. The number of para-hydroxylation sites is 1. The summed E-state index contributed by atoms with van der Waals surface area (Å²) in [6, 6.07) is 22.9. The van der Waals surface area contributed by atoms with E-state index in [2.05, 4.69) is 4.57 Å². The van der Waals surface area contributed by atoms with Crippen LogP contribution in [0.5, 0.6) is 0 Å². The number of amides is 2. The van der Waals surface area contributed by atoms with Gasteiger partial charge in [-0.15, -0.1) is 0 Å². The molecule has 0 aliphatic carbocycles. The van der Waals surface area contributed by atoms with Gasteiger partial charge in [-0.05, 0) is 59.3 Å². The van der Waals surface area contributed by atoms with E-state index in [0.29, 0.717) is 21.5 Å². The van der Waals surface area contributed by atoms with E-state index < -0.39 is 0 Å². The highest BCUT2D eigenvalue weighted by Crippen LogP contribution is 2.35. The van der Waals surface area contributed by atoms with Gasteiger partial charge in [-0.2, -0.15) is 0 Å². The molecule has 4 nitrogen and oxygen atoms in total. The zero-order valence-corrected chi connectivity index (χ0v) is 19.7. The zero-order valence-electron chi connectivity index (χ0n) is 17.4. The number of fused-ring (bicyclic) bond motifs is 1. The molecule has 1 fully saturated rings. The molecule has 1 saturated heterocycles. The summed E-state index contributed by atoms with van der Waals surface area (Å²) in [6.07, 6.45) is 3.82. The number of benzene rings is 3. The van der Waals surface area contributed by atoms with Gasteiger partial charge in [0.2, 0.25) is 0 Å². The number of carbonyl (C=O) groups excluding carboxylic acids is 2. The molecule has 1 aromatic heterocycles. The quantitative estimate of drug-likeness (QED) is 0.276. The summed E-state index contributed by atoms with van der Waals surface area (Å²) in [4.78, 5) is 27.3. The van der Waals surface area contributed by atoms with Crippen LogP contribution in [-0.2, 0) is 17.9 Å². The molecule has 0 bridgehead atoms. The van der Waals surface area contributed by atoms with E-state index in [1.54, 1.807) is 12.1 Å². The molecule has 0 atom stereocenters. The lowest BCUT2D eigenvalue weighted by Gasteiger charge is -2.12. The number of nitrogens with zero attached hydrogens (tertiary/aromatic N) is 2. The highest BCUT2D eigenvalue weighted by molar-refractivity contribution is 8.18. The van der Waals surface area contributed by atoms with Gasteiger partial charge in [-0.1, -0.05) is 65.7 Å². The van der Waals surface area contributed by atoms with Crippen LogP contribution < -0.4 is 0 Å². The third-order valence-corrected chi connectivity index (χ3v) is 6.87. The number of rotatable bonds is 5. The van der Waals surface area contributed by atoms with Gasteiger partial charge >= 0.3 is 0 Å². The number of hydrogen-bond donors (Lipinski definition) is 0. The lowest BCUT2D eigenvalue weighted by Crippen LogP contribution is -2.27. The highest BCUT2D eigenvalue weighted by atomic mass is 35.5. The molecule has 1 aliphatic rings. The van der Waals surface area contributed by atoms with Crippen molar-refractivity contribution in [1.82, 2.24) is 9.47 Å². The standard InChI is InChI=1S/C26H18Cl2N2O2S/c27-20-10-8-17(9-11-20)15-30-25(31)24(33-26(30)32)13-19-16-29(23-7-2-1-6-22(19)23)14-18-4-3-5-21(28)12-18/h1-13,16H,14-15H2/b24-13-. The Kier molecular flexibility index (Phi) is 6.02. The number of halogens is 2. The van der Waals surface area contributed by atoms with Crippen molar-refractivity contribution in [3.8, 4) is 0 Å². The average Bonchev–Trinajstić information content (AvgIpc) is 3.27. The molecule has 1 aliphatic heterocycles. The Labute approximate surface area is 205 Å². The summed E-state index contributed by atoms with van der Waals surface area (Å²) in [5.41, 5.74) is 3.87. The molecular formula is C26H18Cl2N2O2S. The van der Waals surface area contributed by atoms with E-state index in [1.165, 1.54) is 4.90 Å². The monoisotopic (exact) mass is 492 g/mol. The highest BCUT2D eigenvalue weighted by Gasteiger charge is 2.35. The van der Waals surface area contributed by atoms with E-state index in [-0.39, 0.29) is 17.7 Å². The molecule has 7 heteroatoms. The maximum atomic E-state index is 13.0. The van der Waals surface area contributed by atoms with Crippen LogP contribution in [0.2, 0.25) is 10.0 Å². The van der Waals surface area contributed by atoms with Crippen LogP contribution in [0.1, 0.15) is 16.7 Å². The Morgan fingerprint density at radius 2 is 1.61 bits per heavy atom. The summed E-state index contributed by atoms with van der Waals surface area (Å²) in [5, 5.41) is 2.05. The van der Waals surface area contributed by atoms with Gasteiger partial charge in [0.15, 0.2) is 0 Å². The molecule has 164 valence electrons. The molecule has 0 saturated carbocycles. The SMILES string of the molecule is O=C1S/C(=C\c2cn(Cc3cccc(Cl)c3)c3ccccc23)C(=O)N1Cc1ccc(Cl)cc1. The van der Waals surface area contributed by atoms with Crippen molar-refractivity contribution in [2.45, 2.75) is 13.1 Å². The first-order valence-electron chi connectivity index (χ1n) is 10.3.